The summed E-state index contributed by atoms with van der Waals surface area (Å²) in [5, 5.41) is 20.6. The molecule has 0 saturated carbocycles. The molecule has 2 heterocycles. The van der Waals surface area contributed by atoms with Gasteiger partial charge in [-0.3, -0.25) is 19.7 Å². The molecule has 0 aliphatic rings. The molecular weight excluding hydrogens is 350 g/mol. The van der Waals surface area contributed by atoms with E-state index in [-0.39, 0.29) is 28.9 Å². The lowest BCUT2D eigenvalue weighted by molar-refractivity contribution is -0.384. The summed E-state index contributed by atoms with van der Waals surface area (Å²) in [5.41, 5.74) is -0.980. The van der Waals surface area contributed by atoms with E-state index < -0.39 is 16.0 Å². The normalized spacial score (nSPS) is 11.5. The van der Waals surface area contributed by atoms with E-state index in [2.05, 4.69) is 4.98 Å². The number of rotatable bonds is 3. The van der Waals surface area contributed by atoms with Crippen LogP contribution in [-0.2, 0) is 6.54 Å². The molecule has 9 nitrogen and oxygen atoms in total. The molecule has 0 fully saturated rings. The van der Waals surface area contributed by atoms with Gasteiger partial charge < -0.3 is 14.1 Å². The third-order valence-corrected chi connectivity index (χ3v) is 4.00. The molecule has 0 bridgehead atoms. The number of aromatic nitrogens is 3. The second-order valence-electron chi connectivity index (χ2n) is 7.44. The zero-order valence-corrected chi connectivity index (χ0v) is 15.0. The van der Waals surface area contributed by atoms with Crippen LogP contribution in [0.4, 0.5) is 5.69 Å². The number of nitro groups is 1. The van der Waals surface area contributed by atoms with Crippen LogP contribution in [0.25, 0.3) is 16.7 Å². The maximum absolute atomic E-state index is 12.4. The Bertz CT molecular complexity index is 1220. The van der Waals surface area contributed by atoms with E-state index in [4.69, 9.17) is 5.26 Å². The third-order valence-electron chi connectivity index (χ3n) is 4.00. The quantitative estimate of drug-likeness (QED) is 0.432. The number of benzene rings is 1. The van der Waals surface area contributed by atoms with Crippen LogP contribution in [0.2, 0.25) is 0 Å². The highest BCUT2D eigenvalue weighted by atomic mass is 16.6. The highest BCUT2D eigenvalue weighted by molar-refractivity contribution is 5.82. The van der Waals surface area contributed by atoms with Crippen molar-refractivity contribution in [1.29, 1.82) is 5.26 Å². The summed E-state index contributed by atoms with van der Waals surface area (Å²) in [5.74, 6) is 0. The Morgan fingerprint density at radius 2 is 2.00 bits per heavy atom. The molecule has 0 amide bonds. The molecule has 2 aromatic heterocycles. The minimum absolute atomic E-state index is 0.197. The molecule has 1 N–H and O–H groups in total. The molecule has 27 heavy (non-hydrogen) atoms. The SMILES string of the molecule is CC(C)(C)Cn1c(=O)c(=O)[nH]c2cc([N+](=O)[O-])c(-n3ccc(C#N)c3)cc21. The lowest BCUT2D eigenvalue weighted by Crippen LogP contribution is -2.38. The lowest BCUT2D eigenvalue weighted by atomic mass is 9.96. The molecule has 0 atom stereocenters. The van der Waals surface area contributed by atoms with Crippen molar-refractivity contribution < 1.29 is 4.92 Å². The van der Waals surface area contributed by atoms with Gasteiger partial charge in [0.15, 0.2) is 0 Å². The van der Waals surface area contributed by atoms with Crippen LogP contribution in [0.5, 0.6) is 0 Å². The zero-order chi connectivity index (χ0) is 19.9. The van der Waals surface area contributed by atoms with Crippen LogP contribution in [0.3, 0.4) is 0 Å². The monoisotopic (exact) mass is 367 g/mol. The largest absolute Gasteiger partial charge is 0.317 e. The van der Waals surface area contributed by atoms with E-state index >= 15 is 0 Å². The summed E-state index contributed by atoms with van der Waals surface area (Å²) in [7, 11) is 0. The fourth-order valence-electron chi connectivity index (χ4n) is 2.89. The van der Waals surface area contributed by atoms with Crippen molar-refractivity contribution in [1.82, 2.24) is 14.1 Å². The first-order valence-electron chi connectivity index (χ1n) is 8.14. The highest BCUT2D eigenvalue weighted by Crippen LogP contribution is 2.29. The Morgan fingerprint density at radius 1 is 1.30 bits per heavy atom. The summed E-state index contributed by atoms with van der Waals surface area (Å²) < 4.78 is 2.78. The fourth-order valence-corrected chi connectivity index (χ4v) is 2.89. The van der Waals surface area contributed by atoms with Crippen LogP contribution < -0.4 is 11.1 Å². The molecule has 0 radical (unpaired) electrons. The van der Waals surface area contributed by atoms with Gasteiger partial charge in [-0.15, -0.1) is 0 Å². The Kier molecular flexibility index (Phi) is 4.19. The molecule has 0 spiro atoms. The van der Waals surface area contributed by atoms with E-state index in [1.165, 1.54) is 39.7 Å². The summed E-state index contributed by atoms with van der Waals surface area (Å²) in [4.78, 5) is 37.8. The summed E-state index contributed by atoms with van der Waals surface area (Å²) in [6.45, 7) is 6.02. The van der Waals surface area contributed by atoms with Gasteiger partial charge in [0.05, 0.1) is 21.5 Å². The van der Waals surface area contributed by atoms with E-state index in [1.54, 1.807) is 0 Å². The Hall–Kier alpha value is -3.67. The van der Waals surface area contributed by atoms with Crippen LogP contribution in [0, 0.1) is 26.9 Å². The molecule has 0 aliphatic heterocycles. The van der Waals surface area contributed by atoms with Crippen molar-refractivity contribution in [2.24, 2.45) is 5.41 Å². The van der Waals surface area contributed by atoms with E-state index in [1.807, 2.05) is 26.8 Å². The van der Waals surface area contributed by atoms with Crippen LogP contribution >= 0.6 is 0 Å². The standard InChI is InChI=1S/C18H17N5O4/c1-18(2,3)10-22-13-7-14(21-5-4-11(8-19)9-21)15(23(26)27)6-12(13)20-16(24)17(22)25/h4-7,9H,10H2,1-3H3,(H,20,24). The van der Waals surface area contributed by atoms with Gasteiger partial charge in [-0.2, -0.15) is 5.26 Å². The number of nitriles is 1. The van der Waals surface area contributed by atoms with Crippen LogP contribution in [0.1, 0.15) is 26.3 Å². The average Bonchev–Trinajstić information content (AvgIpc) is 3.06. The summed E-state index contributed by atoms with van der Waals surface area (Å²) in [6.07, 6.45) is 3.00. The number of nitro benzene ring substituents is 1. The van der Waals surface area contributed by atoms with Crippen LogP contribution in [0.15, 0.2) is 40.2 Å². The van der Waals surface area contributed by atoms with Gasteiger partial charge in [-0.05, 0) is 17.5 Å². The number of hydrogen-bond donors (Lipinski definition) is 1. The first-order valence-corrected chi connectivity index (χ1v) is 8.14. The number of nitrogens with zero attached hydrogens (tertiary/aromatic N) is 4. The second-order valence-corrected chi connectivity index (χ2v) is 7.44. The van der Waals surface area contributed by atoms with Gasteiger partial charge in [-0.25, -0.2) is 0 Å². The number of aromatic amines is 1. The molecule has 0 unspecified atom stereocenters. The fraction of sp³-hybridized carbons (Fsp3) is 0.278. The van der Waals surface area contributed by atoms with Crippen molar-refractivity contribution in [3.05, 3.63) is 67.0 Å². The van der Waals surface area contributed by atoms with Crippen molar-refractivity contribution in [3.63, 3.8) is 0 Å². The molecule has 3 rings (SSSR count). The second kappa shape index (κ2) is 6.25. The third kappa shape index (κ3) is 3.37. The predicted molar refractivity (Wildman–Crippen MR) is 99.0 cm³/mol. The zero-order valence-electron chi connectivity index (χ0n) is 15.0. The van der Waals surface area contributed by atoms with Gasteiger partial charge in [0, 0.05) is 25.0 Å². The van der Waals surface area contributed by atoms with E-state index in [0.29, 0.717) is 11.1 Å². The van der Waals surface area contributed by atoms with Gasteiger partial charge in [0.2, 0.25) is 0 Å². The molecule has 1 aromatic carbocycles. The first-order chi connectivity index (χ1) is 12.6. The van der Waals surface area contributed by atoms with Gasteiger partial charge >= 0.3 is 11.1 Å². The molecule has 0 saturated heterocycles. The number of H-pyrrole nitrogens is 1. The Labute approximate surface area is 153 Å². The maximum Gasteiger partial charge on any atom is 0.316 e. The van der Waals surface area contributed by atoms with Crippen molar-refractivity contribution in [2.75, 3.05) is 0 Å². The minimum Gasteiger partial charge on any atom is -0.317 e. The molecule has 9 heteroatoms. The molecule has 138 valence electrons. The molecular formula is C18H17N5O4. The maximum atomic E-state index is 12.4. The highest BCUT2D eigenvalue weighted by Gasteiger charge is 2.22. The van der Waals surface area contributed by atoms with Crippen molar-refractivity contribution >= 4 is 16.7 Å². The number of fused-ring (bicyclic) bond motifs is 1. The predicted octanol–water partition coefficient (Wildman–Crippen LogP) is 2.31. The average molecular weight is 367 g/mol. The van der Waals surface area contributed by atoms with Gasteiger partial charge in [-0.1, -0.05) is 20.8 Å². The van der Waals surface area contributed by atoms with E-state index in [9.17, 15) is 19.7 Å². The molecule has 3 aromatic rings. The summed E-state index contributed by atoms with van der Waals surface area (Å²) >= 11 is 0. The Balaban J connectivity index is 2.40. The van der Waals surface area contributed by atoms with Gasteiger partial charge in [0.1, 0.15) is 11.8 Å². The topological polar surface area (TPSA) is 127 Å². The van der Waals surface area contributed by atoms with Crippen LogP contribution in [-0.4, -0.2) is 19.0 Å². The van der Waals surface area contributed by atoms with Crippen molar-refractivity contribution in [2.45, 2.75) is 27.3 Å². The minimum atomic E-state index is -0.832. The Morgan fingerprint density at radius 3 is 2.56 bits per heavy atom. The summed E-state index contributed by atoms with van der Waals surface area (Å²) in [6, 6.07) is 6.22. The van der Waals surface area contributed by atoms with E-state index in [0.717, 1.165) is 0 Å². The van der Waals surface area contributed by atoms with Crippen molar-refractivity contribution in [3.8, 4) is 11.8 Å². The number of hydrogen-bond acceptors (Lipinski definition) is 5. The smallest absolute Gasteiger partial charge is 0.316 e. The first kappa shape index (κ1) is 18.1. The molecule has 0 aliphatic carbocycles. The number of nitrogens with one attached hydrogen (secondary N) is 1. The van der Waals surface area contributed by atoms with Gasteiger partial charge in [0.25, 0.3) is 5.69 Å². The lowest BCUT2D eigenvalue weighted by Gasteiger charge is -2.21.